The zero-order valence-corrected chi connectivity index (χ0v) is 19.8. The van der Waals surface area contributed by atoms with E-state index in [2.05, 4.69) is 17.5 Å². The maximum absolute atomic E-state index is 12.4. The van der Waals surface area contributed by atoms with E-state index >= 15 is 0 Å². The highest BCUT2D eigenvalue weighted by Crippen LogP contribution is 2.22. The van der Waals surface area contributed by atoms with E-state index in [0.29, 0.717) is 18.6 Å². The molecule has 0 radical (unpaired) electrons. The van der Waals surface area contributed by atoms with Gasteiger partial charge in [-0.15, -0.1) is 0 Å². The minimum Gasteiger partial charge on any atom is -0.749 e. The van der Waals surface area contributed by atoms with Gasteiger partial charge < -0.3 is 14.0 Å². The van der Waals surface area contributed by atoms with E-state index in [0.717, 1.165) is 51.4 Å². The van der Waals surface area contributed by atoms with Crippen molar-refractivity contribution in [2.24, 2.45) is 11.8 Å². The normalized spacial score (nSPS) is 15.3. The number of hydrogen-bond donors (Lipinski definition) is 0. The second-order valence-electron chi connectivity index (χ2n) is 7.21. The van der Waals surface area contributed by atoms with Gasteiger partial charge in [0.05, 0.1) is 31.0 Å². The van der Waals surface area contributed by atoms with E-state index in [1.165, 1.54) is 0 Å². The molecule has 0 aliphatic rings. The lowest BCUT2D eigenvalue weighted by Gasteiger charge is -2.19. The maximum Gasteiger partial charge on any atom is 0.322 e. The molecule has 0 fully saturated rings. The molecule has 0 bridgehead atoms. The smallest absolute Gasteiger partial charge is 0.322 e. The molecular formula is C20H37O7S2-. The summed E-state index contributed by atoms with van der Waals surface area (Å²) < 4.78 is 36.5. The molecule has 9 heteroatoms. The van der Waals surface area contributed by atoms with Crippen LogP contribution in [-0.2, 0) is 34.1 Å². The number of esters is 2. The number of ether oxygens (including phenoxy) is 2. The minimum atomic E-state index is -2.80. The van der Waals surface area contributed by atoms with Crippen LogP contribution in [0.25, 0.3) is 0 Å². The van der Waals surface area contributed by atoms with Crippen LogP contribution in [0, 0.1) is 11.8 Å². The fourth-order valence-corrected chi connectivity index (χ4v) is 3.73. The van der Waals surface area contributed by atoms with Crippen LogP contribution in [0.4, 0.5) is 0 Å². The van der Waals surface area contributed by atoms with Crippen LogP contribution in [0.2, 0.25) is 0 Å². The lowest BCUT2D eigenvalue weighted by molar-refractivity contribution is -0.151. The molecule has 0 heterocycles. The Morgan fingerprint density at radius 1 is 0.931 bits per heavy atom. The van der Waals surface area contributed by atoms with Crippen LogP contribution >= 0.6 is 12.0 Å². The van der Waals surface area contributed by atoms with E-state index < -0.39 is 28.5 Å². The third kappa shape index (κ3) is 14.9. The molecule has 4 unspecified atom stereocenters. The molecule has 172 valence electrons. The third-order valence-corrected chi connectivity index (χ3v) is 6.20. The number of carbonyl (C=O) groups excluding carboxylic acids is 2. The van der Waals surface area contributed by atoms with Gasteiger partial charge in [-0.25, -0.2) is 7.84 Å². The Balaban J connectivity index is 4.66. The summed E-state index contributed by atoms with van der Waals surface area (Å²) in [6.45, 7) is 8.83. The van der Waals surface area contributed by atoms with Crippen molar-refractivity contribution in [2.75, 3.05) is 13.2 Å². The van der Waals surface area contributed by atoms with Gasteiger partial charge in [0.15, 0.2) is 0 Å². The van der Waals surface area contributed by atoms with Crippen LogP contribution < -0.4 is 0 Å². The van der Waals surface area contributed by atoms with Crippen molar-refractivity contribution in [1.82, 2.24) is 0 Å². The first kappa shape index (κ1) is 28.4. The van der Waals surface area contributed by atoms with Gasteiger partial charge in [-0.05, 0) is 24.7 Å². The Hall–Kier alpha value is -0.640. The largest absolute Gasteiger partial charge is 0.749 e. The zero-order valence-electron chi connectivity index (χ0n) is 18.2. The summed E-state index contributed by atoms with van der Waals surface area (Å²) in [6, 6.07) is 0. The van der Waals surface area contributed by atoms with Gasteiger partial charge in [0.25, 0.3) is 0 Å². The fourth-order valence-electron chi connectivity index (χ4n) is 2.75. The minimum absolute atomic E-state index is 0.245. The van der Waals surface area contributed by atoms with Crippen molar-refractivity contribution in [3.63, 3.8) is 0 Å². The summed E-state index contributed by atoms with van der Waals surface area (Å²) in [5.74, 6) is -0.695. The topological polar surface area (TPSA) is 102 Å². The average molecular weight is 454 g/mol. The Kier molecular flexibility index (Phi) is 17.8. The summed E-state index contributed by atoms with van der Waals surface area (Å²) in [6.07, 6.45) is 7.69. The second kappa shape index (κ2) is 18.2. The summed E-state index contributed by atoms with van der Waals surface area (Å²) in [4.78, 5) is 24.6. The summed E-state index contributed by atoms with van der Waals surface area (Å²) in [5, 5.41) is -1.08. The van der Waals surface area contributed by atoms with Crippen molar-refractivity contribution in [3.8, 4) is 0 Å². The molecule has 0 amide bonds. The fraction of sp³-hybridized carbons (Fsp3) is 0.900. The lowest BCUT2D eigenvalue weighted by Crippen LogP contribution is -2.27. The Labute approximate surface area is 182 Å². The number of rotatable bonds is 18. The molecule has 4 atom stereocenters. The van der Waals surface area contributed by atoms with Crippen molar-refractivity contribution in [1.29, 1.82) is 0 Å². The van der Waals surface area contributed by atoms with Crippen molar-refractivity contribution in [2.45, 2.75) is 90.7 Å². The molecule has 7 nitrogen and oxygen atoms in total. The molecule has 0 aliphatic carbocycles. The Bertz CT molecular complexity index is 474. The van der Waals surface area contributed by atoms with E-state index in [1.807, 2.05) is 13.8 Å². The molecule has 0 spiro atoms. The predicted molar refractivity (Wildman–Crippen MR) is 115 cm³/mol. The summed E-state index contributed by atoms with van der Waals surface area (Å²) in [7, 11) is 0. The Morgan fingerprint density at radius 2 is 1.45 bits per heavy atom. The van der Waals surface area contributed by atoms with E-state index in [4.69, 9.17) is 9.47 Å². The van der Waals surface area contributed by atoms with E-state index in [9.17, 15) is 18.4 Å². The van der Waals surface area contributed by atoms with Gasteiger partial charge in [-0.3, -0.25) is 9.59 Å². The molecule has 0 N–H and O–H groups in total. The third-order valence-electron chi connectivity index (χ3n) is 4.85. The van der Waals surface area contributed by atoms with Crippen LogP contribution in [0.3, 0.4) is 0 Å². The first-order valence-corrected chi connectivity index (χ1v) is 12.4. The molecule has 0 saturated heterocycles. The summed E-state index contributed by atoms with van der Waals surface area (Å²) >= 11 is -2.39. The van der Waals surface area contributed by atoms with Gasteiger partial charge in [-0.2, -0.15) is 0 Å². The second-order valence-corrected chi connectivity index (χ2v) is 8.92. The van der Waals surface area contributed by atoms with Gasteiger partial charge in [-0.1, -0.05) is 66.2 Å². The lowest BCUT2D eigenvalue weighted by atomic mass is 10.0. The van der Waals surface area contributed by atoms with Gasteiger partial charge in [0.1, 0.15) is 5.25 Å². The van der Waals surface area contributed by atoms with E-state index in [1.54, 1.807) is 0 Å². The molecule has 0 aromatic rings. The molecule has 0 aromatic heterocycles. The number of carbonyl (C=O) groups is 2. The monoisotopic (exact) mass is 453 g/mol. The van der Waals surface area contributed by atoms with Crippen molar-refractivity contribution >= 4 is 35.3 Å². The predicted octanol–water partition coefficient (Wildman–Crippen LogP) is 4.72. The van der Waals surface area contributed by atoms with E-state index in [-0.39, 0.29) is 24.9 Å². The zero-order chi connectivity index (χ0) is 22.1. The molecule has 0 aliphatic heterocycles. The highest BCUT2D eigenvalue weighted by atomic mass is 32.3. The molecular weight excluding hydrogens is 416 g/mol. The quantitative estimate of drug-likeness (QED) is 0.167. The first-order valence-electron chi connectivity index (χ1n) is 10.6. The van der Waals surface area contributed by atoms with Crippen LogP contribution in [-0.4, -0.2) is 39.2 Å². The van der Waals surface area contributed by atoms with Crippen molar-refractivity contribution in [3.05, 3.63) is 0 Å². The maximum atomic E-state index is 12.4. The number of hydrogen-bond acceptors (Lipinski definition) is 8. The summed E-state index contributed by atoms with van der Waals surface area (Å²) in [5.41, 5.74) is 0. The molecule has 0 saturated carbocycles. The van der Waals surface area contributed by atoms with Crippen molar-refractivity contribution < 1.29 is 31.5 Å². The molecule has 0 aromatic carbocycles. The SMILES string of the molecule is CCCCC(CC)COC(=O)CC(SOS(=O)[O-])C(=O)OCC(CC)CCCC. The van der Waals surface area contributed by atoms with Gasteiger partial charge in [0, 0.05) is 12.0 Å². The van der Waals surface area contributed by atoms with Gasteiger partial charge in [0.2, 0.25) is 0 Å². The standard InChI is InChI=1S/C20H38O7S2/c1-5-9-11-16(7-3)14-25-19(21)13-18(28-27-29(23)24)20(22)26-15-17(8-4)12-10-6-2/h16-18H,5-15H2,1-4H3,(H,23,24)/p-1. The van der Waals surface area contributed by atoms with Crippen LogP contribution in [0.1, 0.15) is 85.5 Å². The highest BCUT2D eigenvalue weighted by molar-refractivity contribution is 8.02. The van der Waals surface area contributed by atoms with Crippen LogP contribution in [0.5, 0.6) is 0 Å². The first-order chi connectivity index (χ1) is 13.9. The molecule has 29 heavy (non-hydrogen) atoms. The average Bonchev–Trinajstić information content (AvgIpc) is 2.70. The van der Waals surface area contributed by atoms with Crippen LogP contribution in [0.15, 0.2) is 0 Å². The Morgan fingerprint density at radius 3 is 1.90 bits per heavy atom. The highest BCUT2D eigenvalue weighted by Gasteiger charge is 2.27. The van der Waals surface area contributed by atoms with Gasteiger partial charge >= 0.3 is 11.9 Å². The number of unbranched alkanes of at least 4 members (excludes halogenated alkanes) is 2. The molecule has 0 rings (SSSR count).